The average molecular weight is 529 g/mol. The number of hydrogen-bond donors (Lipinski definition) is 3. The van der Waals surface area contributed by atoms with E-state index in [0.29, 0.717) is 35.6 Å². The van der Waals surface area contributed by atoms with Crippen LogP contribution in [-0.4, -0.2) is 58.4 Å². The van der Waals surface area contributed by atoms with Crippen LogP contribution in [0.2, 0.25) is 0 Å². The van der Waals surface area contributed by atoms with Crippen LogP contribution in [0, 0.1) is 0 Å². The van der Waals surface area contributed by atoms with Crippen molar-refractivity contribution in [3.63, 3.8) is 0 Å². The molecule has 0 spiro atoms. The fourth-order valence-electron chi connectivity index (χ4n) is 4.23. The Morgan fingerprint density at radius 1 is 1.18 bits per heavy atom. The molecule has 0 aliphatic carbocycles. The van der Waals surface area contributed by atoms with Gasteiger partial charge >= 0.3 is 0 Å². The molecule has 0 fully saturated rings. The second-order valence-corrected chi connectivity index (χ2v) is 9.48. The van der Waals surface area contributed by atoms with Crippen LogP contribution < -0.4 is 25.6 Å². The monoisotopic (exact) mass is 528 g/mol. The highest BCUT2D eigenvalue weighted by molar-refractivity contribution is 6.02. The Morgan fingerprint density at radius 2 is 2.00 bits per heavy atom. The molecule has 0 unspecified atom stereocenters. The number of fused-ring (bicyclic) bond motifs is 1. The first-order valence-corrected chi connectivity index (χ1v) is 13.0. The maximum absolute atomic E-state index is 12.3. The van der Waals surface area contributed by atoms with E-state index in [1.165, 1.54) is 12.4 Å². The summed E-state index contributed by atoms with van der Waals surface area (Å²) in [6, 6.07) is 12.2. The zero-order valence-electron chi connectivity index (χ0n) is 23.2. The van der Waals surface area contributed by atoms with Crippen molar-refractivity contribution in [3.8, 4) is 17.0 Å². The van der Waals surface area contributed by atoms with Crippen molar-refractivity contribution in [1.82, 2.24) is 25.1 Å². The van der Waals surface area contributed by atoms with Gasteiger partial charge in [-0.1, -0.05) is 26.5 Å². The molecule has 39 heavy (non-hydrogen) atoms. The Hall–Kier alpha value is -4.44. The number of aryl methyl sites for hydroxylation is 1. The Balaban J connectivity index is 1.67. The third kappa shape index (κ3) is 6.71. The van der Waals surface area contributed by atoms with Gasteiger partial charge < -0.3 is 25.6 Å². The summed E-state index contributed by atoms with van der Waals surface area (Å²) in [5.41, 5.74) is 4.90. The Labute approximate surface area is 229 Å². The van der Waals surface area contributed by atoms with E-state index in [0.717, 1.165) is 40.9 Å². The van der Waals surface area contributed by atoms with Crippen molar-refractivity contribution in [2.24, 2.45) is 7.05 Å². The molecule has 2 heterocycles. The lowest BCUT2D eigenvalue weighted by Crippen LogP contribution is -2.33. The molecule has 4 rings (SSSR count). The second-order valence-electron chi connectivity index (χ2n) is 9.48. The molecule has 2 aromatic carbocycles. The first kappa shape index (κ1) is 27.6. The van der Waals surface area contributed by atoms with Gasteiger partial charge in [-0.05, 0) is 31.2 Å². The zero-order valence-corrected chi connectivity index (χ0v) is 23.2. The van der Waals surface area contributed by atoms with E-state index in [2.05, 4.69) is 62.4 Å². The number of rotatable bonds is 12. The van der Waals surface area contributed by atoms with E-state index in [4.69, 9.17) is 4.74 Å². The first-order valence-electron chi connectivity index (χ1n) is 13.0. The highest BCUT2D eigenvalue weighted by atomic mass is 16.5. The molecular weight excluding hydrogens is 492 g/mol. The molecule has 204 valence electrons. The number of nitrogens with zero attached hydrogens (tertiary/aromatic N) is 5. The quantitative estimate of drug-likeness (QED) is 0.227. The summed E-state index contributed by atoms with van der Waals surface area (Å²) in [6.07, 6.45) is 4.61. The first-order chi connectivity index (χ1) is 18.8. The molecule has 2 aromatic heterocycles. The maximum Gasteiger partial charge on any atom is 0.247 e. The minimum atomic E-state index is -0.296. The number of nitrogens with one attached hydrogen (secondary N) is 3. The molecule has 0 radical (unpaired) electrons. The number of carbonyl (C=O) groups is 1. The fraction of sp³-hybridized carbons (Fsp3) is 0.310. The molecule has 0 aliphatic rings. The largest absolute Gasteiger partial charge is 0.492 e. The number of ether oxygens (including phenoxy) is 1. The molecule has 0 aliphatic heterocycles. The van der Waals surface area contributed by atoms with Crippen LogP contribution in [0.4, 0.5) is 22.9 Å². The lowest BCUT2D eigenvalue weighted by Gasteiger charge is -2.25. The van der Waals surface area contributed by atoms with E-state index >= 15 is 0 Å². The van der Waals surface area contributed by atoms with E-state index < -0.39 is 0 Å². The summed E-state index contributed by atoms with van der Waals surface area (Å²) < 4.78 is 7.84. The topological polar surface area (TPSA) is 109 Å². The minimum absolute atomic E-state index is 0.296. The standard InChI is InChI=1S/C29H36N8O2/c1-7-29(38)35-23-14-24(27(39-8-2)16-26(23)36(5)12-11-30-19(3)4)34-28-15-22(31-18-32-28)20-9-10-25-21(13-20)17-33-37(25)6/h7,9-10,13-19,30H,1,8,11-12H2,2-6H3,(H,35,38)(H,31,32,34). The van der Waals surface area contributed by atoms with Crippen LogP contribution in [0.3, 0.4) is 0 Å². The molecule has 4 aromatic rings. The summed E-state index contributed by atoms with van der Waals surface area (Å²) in [6.45, 7) is 11.8. The van der Waals surface area contributed by atoms with E-state index in [9.17, 15) is 4.79 Å². The Morgan fingerprint density at radius 3 is 2.74 bits per heavy atom. The minimum Gasteiger partial charge on any atom is -0.492 e. The molecule has 0 saturated heterocycles. The van der Waals surface area contributed by atoms with E-state index in [1.54, 1.807) is 0 Å². The van der Waals surface area contributed by atoms with Gasteiger partial charge in [0.2, 0.25) is 5.91 Å². The van der Waals surface area contributed by atoms with Crippen LogP contribution in [0.25, 0.3) is 22.2 Å². The maximum atomic E-state index is 12.3. The molecule has 3 N–H and O–H groups in total. The number of aromatic nitrogens is 4. The highest BCUT2D eigenvalue weighted by Gasteiger charge is 2.17. The summed E-state index contributed by atoms with van der Waals surface area (Å²) in [5.74, 6) is 0.940. The summed E-state index contributed by atoms with van der Waals surface area (Å²) in [5, 5.41) is 15.1. The predicted octanol–water partition coefficient (Wildman–Crippen LogP) is 4.73. The molecule has 0 saturated carbocycles. The molecule has 10 heteroatoms. The van der Waals surface area contributed by atoms with Crippen LogP contribution in [-0.2, 0) is 11.8 Å². The summed E-state index contributed by atoms with van der Waals surface area (Å²) >= 11 is 0. The summed E-state index contributed by atoms with van der Waals surface area (Å²) in [4.78, 5) is 23.3. The van der Waals surface area contributed by atoms with Gasteiger partial charge in [-0.15, -0.1) is 0 Å². The molecular formula is C29H36N8O2. The SMILES string of the molecule is C=CC(=O)Nc1cc(Nc2cc(-c3ccc4c(cnn4C)c3)ncn2)c(OCC)cc1N(C)CCNC(C)C. The number of amides is 1. The van der Waals surface area contributed by atoms with Gasteiger partial charge in [-0.2, -0.15) is 5.10 Å². The highest BCUT2D eigenvalue weighted by Crippen LogP contribution is 2.38. The Kier molecular flexibility index (Phi) is 8.77. The lowest BCUT2D eigenvalue weighted by molar-refractivity contribution is -0.111. The van der Waals surface area contributed by atoms with Gasteiger partial charge in [0.15, 0.2) is 0 Å². The van der Waals surface area contributed by atoms with Crippen molar-refractivity contribution in [2.45, 2.75) is 26.8 Å². The number of hydrogen-bond acceptors (Lipinski definition) is 8. The van der Waals surface area contributed by atoms with Crippen LogP contribution in [0.1, 0.15) is 20.8 Å². The zero-order chi connectivity index (χ0) is 27.9. The van der Waals surface area contributed by atoms with Crippen molar-refractivity contribution in [1.29, 1.82) is 0 Å². The van der Waals surface area contributed by atoms with Gasteiger partial charge in [0.05, 0.1) is 41.1 Å². The molecule has 0 bridgehead atoms. The number of carbonyl (C=O) groups excluding carboxylic acids is 1. The number of anilines is 4. The second kappa shape index (κ2) is 12.4. The third-order valence-electron chi connectivity index (χ3n) is 6.22. The fourth-order valence-corrected chi connectivity index (χ4v) is 4.23. The van der Waals surface area contributed by atoms with Gasteiger partial charge in [0, 0.05) is 56.3 Å². The van der Waals surface area contributed by atoms with Crippen LogP contribution >= 0.6 is 0 Å². The van der Waals surface area contributed by atoms with Crippen molar-refractivity contribution in [2.75, 3.05) is 42.3 Å². The molecule has 1 amide bonds. The van der Waals surface area contributed by atoms with Crippen molar-refractivity contribution >= 4 is 39.7 Å². The normalized spacial score (nSPS) is 11.0. The van der Waals surface area contributed by atoms with Gasteiger partial charge in [-0.25, -0.2) is 9.97 Å². The van der Waals surface area contributed by atoms with Crippen LogP contribution in [0.15, 0.2) is 61.6 Å². The van der Waals surface area contributed by atoms with E-state index in [1.807, 2.05) is 62.2 Å². The number of benzene rings is 2. The Bertz CT molecular complexity index is 1460. The third-order valence-corrected chi connectivity index (χ3v) is 6.22. The molecule has 0 atom stereocenters. The predicted molar refractivity (Wildman–Crippen MR) is 158 cm³/mol. The lowest BCUT2D eigenvalue weighted by atomic mass is 10.1. The average Bonchev–Trinajstić information content (AvgIpc) is 3.29. The van der Waals surface area contributed by atoms with Gasteiger partial charge in [0.1, 0.15) is 17.9 Å². The van der Waals surface area contributed by atoms with E-state index in [-0.39, 0.29) is 5.91 Å². The summed E-state index contributed by atoms with van der Waals surface area (Å²) in [7, 11) is 3.90. The van der Waals surface area contributed by atoms with Crippen molar-refractivity contribution < 1.29 is 9.53 Å². The van der Waals surface area contributed by atoms with Crippen LogP contribution in [0.5, 0.6) is 5.75 Å². The van der Waals surface area contributed by atoms with Gasteiger partial charge in [-0.3, -0.25) is 9.48 Å². The smallest absolute Gasteiger partial charge is 0.247 e. The van der Waals surface area contributed by atoms with Gasteiger partial charge in [0.25, 0.3) is 0 Å². The van der Waals surface area contributed by atoms with Crippen molar-refractivity contribution in [3.05, 3.63) is 61.6 Å². The molecule has 10 nitrogen and oxygen atoms in total. The number of likely N-dealkylation sites (N-methyl/N-ethyl adjacent to an activating group) is 1.